The lowest BCUT2D eigenvalue weighted by molar-refractivity contribution is 0.801. The van der Waals surface area contributed by atoms with Crippen molar-refractivity contribution in [2.24, 2.45) is 5.73 Å². The summed E-state index contributed by atoms with van der Waals surface area (Å²) in [5.74, 6) is 0.951. The summed E-state index contributed by atoms with van der Waals surface area (Å²) >= 11 is 4.16. The Hall–Kier alpha value is -0.540. The monoisotopic (exact) mass is 194 g/mol. The van der Waals surface area contributed by atoms with E-state index in [0.717, 1.165) is 30.7 Å². The van der Waals surface area contributed by atoms with E-state index in [1.165, 1.54) is 5.56 Å². The van der Waals surface area contributed by atoms with Crippen LogP contribution in [0.25, 0.3) is 0 Å². The van der Waals surface area contributed by atoms with Gasteiger partial charge in [-0.15, -0.1) is 0 Å². The zero-order valence-electron chi connectivity index (χ0n) is 7.53. The van der Waals surface area contributed by atoms with Crippen LogP contribution in [0, 0.1) is 6.54 Å². The summed E-state index contributed by atoms with van der Waals surface area (Å²) in [5, 5.41) is 0. The van der Waals surface area contributed by atoms with E-state index in [1.54, 1.807) is 6.20 Å². The van der Waals surface area contributed by atoms with E-state index in [1.807, 2.05) is 12.1 Å². The largest absolute Gasteiger partial charge is 0.316 e. The van der Waals surface area contributed by atoms with Gasteiger partial charge in [0.2, 0.25) is 0 Å². The maximum absolute atomic E-state index is 5.25. The van der Waals surface area contributed by atoms with Gasteiger partial charge in [0.25, 0.3) is 0 Å². The number of unbranched alkanes of at least 4 members (excludes halogenated alkanes) is 1. The molecule has 2 nitrogen and oxygen atoms in total. The molecule has 0 fully saturated rings. The molecule has 0 aliphatic carbocycles. The zero-order valence-corrected chi connectivity index (χ0v) is 8.43. The lowest BCUT2D eigenvalue weighted by Crippen LogP contribution is -1.97. The van der Waals surface area contributed by atoms with Gasteiger partial charge in [0, 0.05) is 6.20 Å². The van der Waals surface area contributed by atoms with E-state index in [2.05, 4.69) is 24.2 Å². The number of rotatable bonds is 5. The maximum Gasteiger partial charge on any atom is 0.111 e. The fourth-order valence-electron chi connectivity index (χ4n) is 1.15. The third kappa shape index (κ3) is 3.79. The molecule has 0 spiro atoms. The molecule has 3 heteroatoms. The van der Waals surface area contributed by atoms with Crippen LogP contribution < -0.4 is 5.73 Å². The molecule has 0 aromatic carbocycles. The molecule has 0 unspecified atom stereocenters. The van der Waals surface area contributed by atoms with Gasteiger partial charge in [-0.25, -0.2) is 0 Å². The molecule has 1 rings (SSSR count). The first-order valence-electron chi connectivity index (χ1n) is 4.39. The normalized spacial score (nSPS) is 10.3. The van der Waals surface area contributed by atoms with E-state index in [9.17, 15) is 0 Å². The van der Waals surface area contributed by atoms with Crippen LogP contribution in [-0.2, 0) is 6.42 Å². The number of thiol groups is 1. The van der Waals surface area contributed by atoms with Crippen LogP contribution in [0.2, 0.25) is 0 Å². The molecule has 0 aliphatic rings. The van der Waals surface area contributed by atoms with Gasteiger partial charge in [0.05, 0.1) is 5.69 Å². The minimum Gasteiger partial charge on any atom is -0.316 e. The van der Waals surface area contributed by atoms with Crippen molar-refractivity contribution in [3.8, 4) is 0 Å². The third-order valence-electron chi connectivity index (χ3n) is 1.85. The van der Waals surface area contributed by atoms with Crippen LogP contribution in [0.3, 0.4) is 0 Å². The first-order valence-corrected chi connectivity index (χ1v) is 5.02. The Morgan fingerprint density at radius 3 is 3.00 bits per heavy atom. The molecule has 2 N–H and O–H groups in total. The molecule has 1 aromatic heterocycles. The van der Waals surface area contributed by atoms with E-state index in [-0.39, 0.29) is 0 Å². The molecule has 70 valence electrons. The number of aromatic nitrogens is 1. The lowest BCUT2D eigenvalue weighted by atomic mass is 10.1. The van der Waals surface area contributed by atoms with Crippen molar-refractivity contribution >= 4 is 12.6 Å². The van der Waals surface area contributed by atoms with Crippen molar-refractivity contribution < 1.29 is 0 Å². The van der Waals surface area contributed by atoms with E-state index < -0.39 is 0 Å². The molecule has 1 aromatic rings. The summed E-state index contributed by atoms with van der Waals surface area (Å²) in [6, 6.07) is 3.98. The molecule has 2 radical (unpaired) electrons. The Morgan fingerprint density at radius 1 is 1.46 bits per heavy atom. The molecular weight excluding hydrogens is 180 g/mol. The Balaban J connectivity index is 2.46. The van der Waals surface area contributed by atoms with Crippen molar-refractivity contribution in [2.45, 2.75) is 19.3 Å². The molecule has 0 atom stereocenters. The Kier molecular flexibility index (Phi) is 4.86. The molecule has 0 amide bonds. The zero-order chi connectivity index (χ0) is 9.52. The third-order valence-corrected chi connectivity index (χ3v) is 2.16. The van der Waals surface area contributed by atoms with Crippen LogP contribution in [0.4, 0.5) is 0 Å². The first kappa shape index (κ1) is 10.5. The highest BCUT2D eigenvalue weighted by atomic mass is 32.1. The average molecular weight is 194 g/mol. The predicted octanol–water partition coefficient (Wildman–Crippen LogP) is 1.68. The molecular formula is C10H14N2S. The number of hydrogen-bond donors (Lipinski definition) is 2. The van der Waals surface area contributed by atoms with Gasteiger partial charge in [-0.1, -0.05) is 0 Å². The second-order valence-electron chi connectivity index (χ2n) is 2.87. The molecule has 13 heavy (non-hydrogen) atoms. The highest BCUT2D eigenvalue weighted by molar-refractivity contribution is 7.80. The van der Waals surface area contributed by atoms with Gasteiger partial charge < -0.3 is 5.73 Å². The summed E-state index contributed by atoms with van der Waals surface area (Å²) in [7, 11) is 0. The maximum atomic E-state index is 5.25. The molecule has 0 aliphatic heterocycles. The quantitative estimate of drug-likeness (QED) is 0.425. The second-order valence-corrected chi connectivity index (χ2v) is 3.32. The van der Waals surface area contributed by atoms with Crippen molar-refractivity contribution in [3.63, 3.8) is 0 Å². The average Bonchev–Trinajstić information content (AvgIpc) is 2.19. The minimum absolute atomic E-state index is 0.725. The van der Waals surface area contributed by atoms with Crippen LogP contribution in [-0.4, -0.2) is 10.7 Å². The molecule has 0 saturated carbocycles. The highest BCUT2D eigenvalue weighted by Gasteiger charge is 1.96. The van der Waals surface area contributed by atoms with Crippen LogP contribution >= 0.6 is 12.6 Å². The van der Waals surface area contributed by atoms with Gasteiger partial charge in [0.1, 0.15) is 6.54 Å². The predicted molar refractivity (Wildman–Crippen MR) is 57.6 cm³/mol. The minimum atomic E-state index is 0.725. The van der Waals surface area contributed by atoms with Gasteiger partial charge in [-0.2, -0.15) is 12.6 Å². The summed E-state index contributed by atoms with van der Waals surface area (Å²) < 4.78 is 0. The van der Waals surface area contributed by atoms with Crippen LogP contribution in [0.5, 0.6) is 0 Å². The Morgan fingerprint density at radius 2 is 2.31 bits per heavy atom. The van der Waals surface area contributed by atoms with E-state index in [0.29, 0.717) is 0 Å². The summed E-state index contributed by atoms with van der Waals surface area (Å²) in [5.41, 5.74) is 7.24. The smallest absolute Gasteiger partial charge is 0.111 e. The standard InChI is InChI=1S/C10H14N2S/c11-8-10-7-9(4-5-12-10)3-1-2-6-13/h4-5,7,13H,1-3,6,11H2. The fourth-order valence-corrected chi connectivity index (χ4v) is 1.37. The van der Waals surface area contributed by atoms with Crippen molar-refractivity contribution in [1.29, 1.82) is 0 Å². The Bertz CT molecular complexity index is 250. The molecule has 0 saturated heterocycles. The fraction of sp³-hybridized carbons (Fsp3) is 0.400. The summed E-state index contributed by atoms with van der Waals surface area (Å²) in [6.07, 6.45) is 5.15. The van der Waals surface area contributed by atoms with Crippen molar-refractivity contribution in [1.82, 2.24) is 4.98 Å². The first-order chi connectivity index (χ1) is 6.36. The summed E-state index contributed by atoms with van der Waals surface area (Å²) in [6.45, 7) is 2.53. The van der Waals surface area contributed by atoms with Crippen LogP contribution in [0.1, 0.15) is 24.1 Å². The highest BCUT2D eigenvalue weighted by Crippen LogP contribution is 2.06. The SMILES string of the molecule is N[C]c1cc(CCCCS)ccn1. The molecule has 1 heterocycles. The topological polar surface area (TPSA) is 38.9 Å². The number of nitrogens with zero attached hydrogens (tertiary/aromatic N) is 1. The van der Waals surface area contributed by atoms with E-state index in [4.69, 9.17) is 5.73 Å². The van der Waals surface area contributed by atoms with Gasteiger partial charge in [-0.05, 0) is 42.7 Å². The van der Waals surface area contributed by atoms with Crippen LogP contribution in [0.15, 0.2) is 18.3 Å². The van der Waals surface area contributed by atoms with Crippen molar-refractivity contribution in [2.75, 3.05) is 5.75 Å². The van der Waals surface area contributed by atoms with Gasteiger partial charge >= 0.3 is 0 Å². The molecule has 0 bridgehead atoms. The second kappa shape index (κ2) is 6.00. The van der Waals surface area contributed by atoms with E-state index >= 15 is 0 Å². The van der Waals surface area contributed by atoms with Gasteiger partial charge in [0.15, 0.2) is 0 Å². The lowest BCUT2D eigenvalue weighted by Gasteiger charge is -2.01. The summed E-state index contributed by atoms with van der Waals surface area (Å²) in [4.78, 5) is 4.03. The Labute approximate surface area is 85.0 Å². The number of hydrogen-bond acceptors (Lipinski definition) is 3. The number of pyridine rings is 1. The number of aryl methyl sites for hydroxylation is 1. The van der Waals surface area contributed by atoms with Crippen molar-refractivity contribution in [3.05, 3.63) is 36.1 Å². The number of nitrogens with two attached hydrogens (primary N) is 1. The van der Waals surface area contributed by atoms with Gasteiger partial charge in [-0.3, -0.25) is 4.98 Å².